The number of aliphatic hydroxyl groups is 1. The first kappa shape index (κ1) is 13.7. The summed E-state index contributed by atoms with van der Waals surface area (Å²) in [5, 5.41) is 10.2. The Morgan fingerprint density at radius 1 is 1.11 bits per heavy atom. The van der Waals surface area contributed by atoms with Crippen LogP contribution in [0.2, 0.25) is 0 Å². The molecular weight excluding hydrogens is 241 g/mol. The molecular formula is C16H18FNO. The standard InChI is InChI=1S/C16H18FNO/c1-10-4-11(2)15(12(3)5-10)7-16(19)13-6-14(17)9-18-8-13/h4-6,8-9,16,19H,7H2,1-3H3. The molecule has 1 aromatic carbocycles. The third kappa shape index (κ3) is 3.18. The molecule has 0 aliphatic carbocycles. The molecule has 1 heterocycles. The Morgan fingerprint density at radius 2 is 1.74 bits per heavy atom. The fourth-order valence-electron chi connectivity index (χ4n) is 2.45. The quantitative estimate of drug-likeness (QED) is 0.916. The highest BCUT2D eigenvalue weighted by atomic mass is 19.1. The molecule has 0 aliphatic rings. The monoisotopic (exact) mass is 259 g/mol. The molecule has 3 heteroatoms. The van der Waals surface area contributed by atoms with E-state index < -0.39 is 11.9 Å². The van der Waals surface area contributed by atoms with Gasteiger partial charge < -0.3 is 5.11 Å². The Hall–Kier alpha value is -1.74. The minimum Gasteiger partial charge on any atom is -0.388 e. The molecule has 0 aliphatic heterocycles. The molecule has 0 radical (unpaired) electrons. The van der Waals surface area contributed by atoms with Gasteiger partial charge in [-0.25, -0.2) is 4.39 Å². The van der Waals surface area contributed by atoms with Crippen molar-refractivity contribution in [2.45, 2.75) is 33.3 Å². The van der Waals surface area contributed by atoms with E-state index in [1.54, 1.807) is 0 Å². The highest BCUT2D eigenvalue weighted by Crippen LogP contribution is 2.24. The van der Waals surface area contributed by atoms with E-state index in [9.17, 15) is 9.50 Å². The Balaban J connectivity index is 2.26. The Kier molecular flexibility index (Phi) is 3.96. The largest absolute Gasteiger partial charge is 0.388 e. The molecule has 2 rings (SSSR count). The van der Waals surface area contributed by atoms with Crippen molar-refractivity contribution in [1.82, 2.24) is 4.98 Å². The molecule has 2 aromatic rings. The van der Waals surface area contributed by atoms with E-state index in [2.05, 4.69) is 24.0 Å². The smallest absolute Gasteiger partial charge is 0.141 e. The molecule has 0 saturated carbocycles. The number of benzene rings is 1. The second-order valence-corrected chi connectivity index (χ2v) is 5.03. The number of pyridine rings is 1. The van der Waals surface area contributed by atoms with E-state index in [4.69, 9.17) is 0 Å². The Bertz CT molecular complexity index is 572. The number of halogens is 1. The topological polar surface area (TPSA) is 33.1 Å². The first-order valence-electron chi connectivity index (χ1n) is 6.32. The summed E-state index contributed by atoms with van der Waals surface area (Å²) in [6.45, 7) is 6.12. The van der Waals surface area contributed by atoms with Crippen molar-refractivity contribution in [2.75, 3.05) is 0 Å². The molecule has 1 N–H and O–H groups in total. The second kappa shape index (κ2) is 5.49. The summed E-state index contributed by atoms with van der Waals surface area (Å²) in [5.41, 5.74) is 5.14. The zero-order chi connectivity index (χ0) is 14.0. The molecule has 2 nitrogen and oxygen atoms in total. The number of aliphatic hydroxyl groups excluding tert-OH is 1. The fraction of sp³-hybridized carbons (Fsp3) is 0.312. The Morgan fingerprint density at radius 3 is 2.32 bits per heavy atom. The van der Waals surface area contributed by atoms with Crippen LogP contribution in [0.15, 0.2) is 30.6 Å². The van der Waals surface area contributed by atoms with Gasteiger partial charge in [0, 0.05) is 18.2 Å². The first-order valence-corrected chi connectivity index (χ1v) is 6.32. The third-order valence-electron chi connectivity index (χ3n) is 3.35. The average Bonchev–Trinajstić information content (AvgIpc) is 2.33. The van der Waals surface area contributed by atoms with Gasteiger partial charge in [-0.3, -0.25) is 4.98 Å². The molecule has 19 heavy (non-hydrogen) atoms. The van der Waals surface area contributed by atoms with Crippen molar-refractivity contribution in [3.8, 4) is 0 Å². The maximum Gasteiger partial charge on any atom is 0.141 e. The van der Waals surface area contributed by atoms with Crippen LogP contribution in [-0.2, 0) is 6.42 Å². The lowest BCUT2D eigenvalue weighted by molar-refractivity contribution is 0.177. The van der Waals surface area contributed by atoms with E-state index in [1.165, 1.54) is 17.8 Å². The van der Waals surface area contributed by atoms with Gasteiger partial charge >= 0.3 is 0 Å². The second-order valence-electron chi connectivity index (χ2n) is 5.03. The number of aryl methyl sites for hydroxylation is 3. The number of nitrogens with zero attached hydrogens (tertiary/aromatic N) is 1. The van der Waals surface area contributed by atoms with Crippen molar-refractivity contribution in [1.29, 1.82) is 0 Å². The van der Waals surface area contributed by atoms with Crippen molar-refractivity contribution >= 4 is 0 Å². The van der Waals surface area contributed by atoms with Crippen LogP contribution in [-0.4, -0.2) is 10.1 Å². The van der Waals surface area contributed by atoms with Crippen molar-refractivity contribution < 1.29 is 9.50 Å². The molecule has 0 bridgehead atoms. The first-order chi connectivity index (χ1) is 8.97. The van der Waals surface area contributed by atoms with Crippen LogP contribution in [0.25, 0.3) is 0 Å². The van der Waals surface area contributed by atoms with Gasteiger partial charge in [0.15, 0.2) is 0 Å². The maximum absolute atomic E-state index is 13.1. The third-order valence-corrected chi connectivity index (χ3v) is 3.35. The minimum absolute atomic E-state index is 0.422. The molecule has 0 spiro atoms. The van der Waals surface area contributed by atoms with Gasteiger partial charge in [0.1, 0.15) is 5.82 Å². The van der Waals surface area contributed by atoms with Gasteiger partial charge in [0.05, 0.1) is 12.3 Å². The predicted octanol–water partition coefficient (Wildman–Crippen LogP) is 3.42. The van der Waals surface area contributed by atoms with Crippen LogP contribution >= 0.6 is 0 Å². The number of aromatic nitrogens is 1. The molecule has 100 valence electrons. The van der Waals surface area contributed by atoms with E-state index >= 15 is 0 Å². The number of hydrogen-bond acceptors (Lipinski definition) is 2. The van der Waals surface area contributed by atoms with Crippen molar-refractivity contribution in [3.05, 3.63) is 64.2 Å². The lowest BCUT2D eigenvalue weighted by atomic mass is 9.93. The van der Waals surface area contributed by atoms with Crippen molar-refractivity contribution in [2.24, 2.45) is 0 Å². The lowest BCUT2D eigenvalue weighted by Crippen LogP contribution is -2.06. The highest BCUT2D eigenvalue weighted by molar-refractivity contribution is 5.38. The van der Waals surface area contributed by atoms with Crippen LogP contribution in [0.1, 0.15) is 33.9 Å². The molecule has 0 amide bonds. The molecule has 1 atom stereocenters. The summed E-state index contributed by atoms with van der Waals surface area (Å²) in [7, 11) is 0. The van der Waals surface area contributed by atoms with Gasteiger partial charge in [-0.05, 0) is 43.5 Å². The molecule has 0 saturated heterocycles. The van der Waals surface area contributed by atoms with E-state index in [0.29, 0.717) is 12.0 Å². The zero-order valence-electron chi connectivity index (χ0n) is 11.4. The normalized spacial score (nSPS) is 12.5. The summed E-state index contributed by atoms with van der Waals surface area (Å²) >= 11 is 0. The SMILES string of the molecule is Cc1cc(C)c(CC(O)c2cncc(F)c2)c(C)c1. The van der Waals surface area contributed by atoms with Crippen molar-refractivity contribution in [3.63, 3.8) is 0 Å². The van der Waals surface area contributed by atoms with Crippen LogP contribution in [0.4, 0.5) is 4.39 Å². The summed E-state index contributed by atoms with van der Waals surface area (Å²) in [5.74, 6) is -0.422. The van der Waals surface area contributed by atoms with Crippen LogP contribution < -0.4 is 0 Å². The molecule has 1 unspecified atom stereocenters. The van der Waals surface area contributed by atoms with E-state index in [-0.39, 0.29) is 0 Å². The number of rotatable bonds is 3. The number of hydrogen-bond donors (Lipinski definition) is 1. The summed E-state index contributed by atoms with van der Waals surface area (Å²) in [6.07, 6.45) is 2.39. The summed E-state index contributed by atoms with van der Waals surface area (Å²) in [4.78, 5) is 3.77. The van der Waals surface area contributed by atoms with Gasteiger partial charge in [0.25, 0.3) is 0 Å². The van der Waals surface area contributed by atoms with E-state index in [0.717, 1.165) is 22.9 Å². The summed E-state index contributed by atoms with van der Waals surface area (Å²) in [6, 6.07) is 5.52. The van der Waals surface area contributed by atoms with Gasteiger partial charge in [0.2, 0.25) is 0 Å². The molecule has 1 aromatic heterocycles. The van der Waals surface area contributed by atoms with Gasteiger partial charge in [-0.2, -0.15) is 0 Å². The highest BCUT2D eigenvalue weighted by Gasteiger charge is 2.13. The molecule has 0 fully saturated rings. The minimum atomic E-state index is -0.733. The van der Waals surface area contributed by atoms with Gasteiger partial charge in [-0.15, -0.1) is 0 Å². The summed E-state index contributed by atoms with van der Waals surface area (Å²) < 4.78 is 13.1. The average molecular weight is 259 g/mol. The predicted molar refractivity (Wildman–Crippen MR) is 73.5 cm³/mol. The lowest BCUT2D eigenvalue weighted by Gasteiger charge is -2.16. The van der Waals surface area contributed by atoms with E-state index in [1.807, 2.05) is 13.8 Å². The van der Waals surface area contributed by atoms with Crippen LogP contribution in [0.5, 0.6) is 0 Å². The Labute approximate surface area is 112 Å². The van der Waals surface area contributed by atoms with Crippen LogP contribution in [0, 0.1) is 26.6 Å². The maximum atomic E-state index is 13.1. The van der Waals surface area contributed by atoms with Gasteiger partial charge in [-0.1, -0.05) is 17.7 Å². The fourth-order valence-corrected chi connectivity index (χ4v) is 2.45. The zero-order valence-corrected chi connectivity index (χ0v) is 11.4. The van der Waals surface area contributed by atoms with Crippen LogP contribution in [0.3, 0.4) is 0 Å².